The molecule has 5 atom stereocenters. The van der Waals surface area contributed by atoms with Gasteiger partial charge in [0, 0.05) is 68.2 Å². The summed E-state index contributed by atoms with van der Waals surface area (Å²) in [6.45, 7) is 10.8. The molecule has 0 radical (unpaired) electrons. The number of amides is 3. The number of thiol groups is 1. The van der Waals surface area contributed by atoms with Gasteiger partial charge in [0.15, 0.2) is 6.10 Å². The van der Waals surface area contributed by atoms with Crippen molar-refractivity contribution >= 4 is 61.8 Å². The van der Waals surface area contributed by atoms with Crippen molar-refractivity contribution in [2.75, 3.05) is 27.3 Å². The first kappa shape index (κ1) is 45.8. The molecule has 3 N–H and O–H groups in total. The van der Waals surface area contributed by atoms with Crippen molar-refractivity contribution in [3.8, 4) is 28.1 Å². The zero-order chi connectivity index (χ0) is 45.3. The number of phenols is 1. The van der Waals surface area contributed by atoms with Crippen molar-refractivity contribution in [1.29, 1.82) is 0 Å². The van der Waals surface area contributed by atoms with Gasteiger partial charge < -0.3 is 33.8 Å². The first-order valence-corrected chi connectivity index (χ1v) is 24.1. The second-order valence-corrected chi connectivity index (χ2v) is 20.7. The van der Waals surface area contributed by atoms with E-state index >= 15 is 0 Å². The van der Waals surface area contributed by atoms with Crippen LogP contribution >= 0.6 is 12.6 Å². The third-order valence-corrected chi connectivity index (χ3v) is 15.1. The predicted octanol–water partition coefficient (Wildman–Crippen LogP) is 5.58. The summed E-state index contributed by atoms with van der Waals surface area (Å²) in [5, 5.41) is 13.7. The monoisotopic (exact) mass is 898 g/mol. The maximum absolute atomic E-state index is 14.7. The number of carbonyl (C=O) groups is 5. The summed E-state index contributed by atoms with van der Waals surface area (Å²) in [4.78, 5) is 77.3. The highest BCUT2D eigenvalue weighted by atomic mass is 32.1. The van der Waals surface area contributed by atoms with Gasteiger partial charge in [-0.1, -0.05) is 39.8 Å². The smallest absolute Gasteiger partial charge is 0.324 e. The minimum atomic E-state index is -3.11. The Labute approximate surface area is 374 Å². The van der Waals surface area contributed by atoms with Crippen LogP contribution in [0, 0.1) is 11.3 Å². The zero-order valence-corrected chi connectivity index (χ0v) is 39.0. The summed E-state index contributed by atoms with van der Waals surface area (Å²) in [7, 11) is -0.0112. The van der Waals surface area contributed by atoms with Crippen molar-refractivity contribution in [2.24, 2.45) is 11.3 Å². The zero-order valence-electron chi connectivity index (χ0n) is 37.0. The molecule has 2 fully saturated rings. The average Bonchev–Trinajstić information content (AvgIpc) is 3.83. The number of cyclic esters (lactones) is 2. The molecule has 2 aromatic heterocycles. The third kappa shape index (κ3) is 9.66. The van der Waals surface area contributed by atoms with Crippen molar-refractivity contribution in [3.63, 3.8) is 0 Å². The number of rotatable bonds is 9. The number of hydrazine groups is 1. The van der Waals surface area contributed by atoms with Gasteiger partial charge in [0.05, 0.1) is 18.0 Å². The summed E-state index contributed by atoms with van der Waals surface area (Å²) in [6, 6.07) is 13.6. The number of carbonyl (C=O) groups excluding carboxylic acids is 5. The minimum Gasteiger partial charge on any atom is -0.508 e. The molecule has 17 heteroatoms. The van der Waals surface area contributed by atoms with Crippen LogP contribution in [-0.4, -0.2) is 108 Å². The lowest BCUT2D eigenvalue weighted by atomic mass is 9.84. The van der Waals surface area contributed by atoms with Crippen LogP contribution in [0.1, 0.15) is 82.6 Å². The number of esters is 2. The Kier molecular flexibility index (Phi) is 13.7. The molecule has 63 heavy (non-hydrogen) atoms. The van der Waals surface area contributed by atoms with Crippen LogP contribution in [0.15, 0.2) is 54.7 Å². The Bertz CT molecular complexity index is 2420. The number of nitrogens with one attached hydrogen (secondary N) is 2. The Morgan fingerprint density at radius 2 is 1.90 bits per heavy atom. The van der Waals surface area contributed by atoms with Crippen LogP contribution in [0.3, 0.4) is 0 Å². The van der Waals surface area contributed by atoms with Crippen LogP contribution in [-0.2, 0) is 52.4 Å². The summed E-state index contributed by atoms with van der Waals surface area (Å²) in [5.41, 5.74) is 8.29. The molecule has 0 spiro atoms. The van der Waals surface area contributed by atoms with E-state index in [-0.39, 0.29) is 42.7 Å². The van der Waals surface area contributed by atoms with E-state index in [0.29, 0.717) is 49.2 Å². The molecule has 5 heterocycles. The summed E-state index contributed by atoms with van der Waals surface area (Å²) in [6.07, 6.45) is 2.56. The number of pyridine rings is 1. The number of aromatic hydroxyl groups is 1. The van der Waals surface area contributed by atoms with Gasteiger partial charge in [0.1, 0.15) is 23.3 Å². The maximum atomic E-state index is 14.7. The van der Waals surface area contributed by atoms with Gasteiger partial charge in [-0.3, -0.25) is 34.0 Å². The van der Waals surface area contributed by atoms with E-state index in [4.69, 9.17) is 31.8 Å². The number of aromatic nitrogens is 2. The molecule has 6 bridgehead atoms. The summed E-state index contributed by atoms with van der Waals surface area (Å²) < 4.78 is 19.2. The number of nitrogens with zero attached hydrogens (tertiary/aromatic N) is 4. The number of hydrogen-bond acceptors (Lipinski definition) is 12. The number of fused-ring (bicyclic) bond motifs is 6. The lowest BCUT2D eigenvalue weighted by Gasteiger charge is -2.36. The number of aryl methyl sites for hydroxylation is 1. The molecule has 1 unspecified atom stereocenters. The van der Waals surface area contributed by atoms with E-state index < -0.39 is 61.7 Å². The minimum absolute atomic E-state index is 0.00788. The predicted molar refractivity (Wildman–Crippen MR) is 243 cm³/mol. The topological polar surface area (TPSA) is 182 Å². The largest absolute Gasteiger partial charge is 0.508 e. The molecule has 0 aliphatic carbocycles. The Hall–Kier alpha value is -5.23. The first-order valence-electron chi connectivity index (χ1n) is 21.7. The third-order valence-electron chi connectivity index (χ3n) is 12.2. The highest BCUT2D eigenvalue weighted by molar-refractivity contribution is 7.80. The van der Waals surface area contributed by atoms with Gasteiger partial charge in [0.25, 0.3) is 5.91 Å². The standard InChI is InChI=1S/C46H58N6O9SSi/c1-8-51-35-14-13-28-22-32(35)33(40(51)31-11-9-17-47-38(31)44(62)59-7)23-46(4,5)25-60-43(57)34-12-10-18-52(48-34)45(58)63(24-27-19-29(28)21-30(53)20-27)49-41(55)39(26(2)3)50(6)42(56)36-15-16-37(54)61-36/h9,11,13-14,17,19-22,26,34,36,39,44,48,53,62-63H,8,10,12,15-16,18,23-25H2,1-7H3,(H,49,55)/t34-,36+,39-,44?,63-/m0/s1. The molecule has 2 aromatic carbocycles. The molecule has 2 saturated heterocycles. The highest BCUT2D eigenvalue weighted by Gasteiger charge is 2.41. The normalized spacial score (nSPS) is 21.4. The van der Waals surface area contributed by atoms with Crippen molar-refractivity contribution in [1.82, 2.24) is 29.9 Å². The molecule has 336 valence electrons. The number of ether oxygens (including phenoxy) is 3. The molecule has 4 aromatic rings. The molecule has 0 saturated carbocycles. The fourth-order valence-electron chi connectivity index (χ4n) is 9.19. The summed E-state index contributed by atoms with van der Waals surface area (Å²) in [5.74, 6) is -2.34. The van der Waals surface area contributed by atoms with Crippen LogP contribution in [0.4, 0.5) is 4.79 Å². The maximum Gasteiger partial charge on any atom is 0.324 e. The van der Waals surface area contributed by atoms with Gasteiger partial charge in [-0.15, -0.1) is 12.6 Å². The summed E-state index contributed by atoms with van der Waals surface area (Å²) >= 11 is 4.72. The van der Waals surface area contributed by atoms with Gasteiger partial charge in [-0.2, -0.15) is 0 Å². The lowest BCUT2D eigenvalue weighted by molar-refractivity contribution is -0.155. The quantitative estimate of drug-likeness (QED) is 0.0713. The van der Waals surface area contributed by atoms with Crippen LogP contribution in [0.5, 0.6) is 5.75 Å². The Morgan fingerprint density at radius 3 is 2.60 bits per heavy atom. The van der Waals surface area contributed by atoms with Gasteiger partial charge in [-0.05, 0) is 96.8 Å². The van der Waals surface area contributed by atoms with Crippen LogP contribution < -0.4 is 10.4 Å². The van der Waals surface area contributed by atoms with Crippen molar-refractivity contribution < 1.29 is 43.3 Å². The van der Waals surface area contributed by atoms with Crippen molar-refractivity contribution in [3.05, 3.63) is 71.5 Å². The van der Waals surface area contributed by atoms with Gasteiger partial charge in [-0.25, -0.2) is 5.43 Å². The number of hydrogen-bond donors (Lipinski definition) is 4. The highest BCUT2D eigenvalue weighted by Crippen LogP contribution is 2.42. The van der Waals surface area contributed by atoms with Crippen LogP contribution in [0.25, 0.3) is 33.3 Å². The van der Waals surface area contributed by atoms with E-state index in [2.05, 4.69) is 47.9 Å². The number of methoxy groups -OCH3 is 1. The van der Waals surface area contributed by atoms with E-state index in [1.54, 1.807) is 39.3 Å². The van der Waals surface area contributed by atoms with E-state index in [1.807, 2.05) is 24.3 Å². The molecular weight excluding hydrogens is 841 g/mol. The van der Waals surface area contributed by atoms with E-state index in [0.717, 1.165) is 33.3 Å². The molecule has 3 aliphatic rings. The first-order chi connectivity index (χ1) is 30.0. The Balaban J connectivity index is 1.34. The number of benzene rings is 2. The second kappa shape index (κ2) is 18.9. The fourth-order valence-corrected chi connectivity index (χ4v) is 11.6. The van der Waals surface area contributed by atoms with Gasteiger partial charge in [0.2, 0.25) is 20.4 Å². The fraction of sp³-hybridized carbons (Fsp3) is 0.478. The molecule has 7 rings (SSSR count). The molecular formula is C46H58N6O9SSi. The number of phenolic OH excluding ortho intramolecular Hbond substituents is 1. The number of likely N-dealkylation sites (N-methyl/N-ethyl adjacent to an activating group) is 1. The van der Waals surface area contributed by atoms with Crippen LogP contribution in [0.2, 0.25) is 0 Å². The van der Waals surface area contributed by atoms with Gasteiger partial charge >= 0.3 is 11.9 Å². The molecule has 15 nitrogen and oxygen atoms in total. The van der Waals surface area contributed by atoms with E-state index in [1.165, 1.54) is 17.0 Å². The van der Waals surface area contributed by atoms with Crippen molar-refractivity contribution in [2.45, 2.75) is 103 Å². The SMILES string of the molecule is CCn1c(-c2cccnc2C(S)OC)c2c3cc(ccc31)-c1cc(O)cc(c1)C[Si@H](NC(=O)[C@H](C(C)C)N(C)C(=O)[C@H]1CCC(=O)O1)C(=O)N1CCC[C@H](N1)C(=O)OCC(C)(C)C2. The average molecular weight is 899 g/mol. The molecule has 3 amide bonds. The Morgan fingerprint density at radius 1 is 1.13 bits per heavy atom. The lowest BCUT2D eigenvalue weighted by Crippen LogP contribution is -2.64. The molecule has 3 aliphatic heterocycles. The second-order valence-electron chi connectivity index (χ2n) is 17.9. The van der Waals surface area contributed by atoms with E-state index in [9.17, 15) is 29.1 Å².